The fourth-order valence-electron chi connectivity index (χ4n) is 1.76. The van der Waals surface area contributed by atoms with Gasteiger partial charge >= 0.3 is 0 Å². The smallest absolute Gasteiger partial charge is 0.121 e. The molecule has 0 atom stereocenters. The second kappa shape index (κ2) is 5.01. The average molecular weight is 232 g/mol. The maximum atomic E-state index is 8.86. The van der Waals surface area contributed by atoms with Crippen LogP contribution in [0.2, 0.25) is 0 Å². The van der Waals surface area contributed by atoms with Crippen molar-refractivity contribution in [3.8, 4) is 11.4 Å². The van der Waals surface area contributed by atoms with E-state index in [1.54, 1.807) is 18.0 Å². The van der Waals surface area contributed by atoms with E-state index in [2.05, 4.69) is 5.10 Å². The molecule has 0 fully saturated rings. The first kappa shape index (κ1) is 11.7. The van der Waals surface area contributed by atoms with Crippen LogP contribution in [0.25, 0.3) is 5.69 Å². The highest BCUT2D eigenvalue weighted by atomic mass is 16.5. The quantitative estimate of drug-likeness (QED) is 0.873. The maximum Gasteiger partial charge on any atom is 0.121 e. The molecule has 1 heterocycles. The van der Waals surface area contributed by atoms with Crippen molar-refractivity contribution >= 4 is 0 Å². The van der Waals surface area contributed by atoms with Crippen LogP contribution in [-0.2, 0) is 6.42 Å². The first-order valence-electron chi connectivity index (χ1n) is 5.54. The Hall–Kier alpha value is -1.81. The van der Waals surface area contributed by atoms with Gasteiger partial charge in [-0.3, -0.25) is 0 Å². The van der Waals surface area contributed by atoms with Crippen molar-refractivity contribution < 1.29 is 9.84 Å². The predicted molar refractivity (Wildman–Crippen MR) is 65.6 cm³/mol. The molecule has 0 aliphatic heterocycles. The summed E-state index contributed by atoms with van der Waals surface area (Å²) >= 11 is 0. The van der Waals surface area contributed by atoms with E-state index in [0.717, 1.165) is 22.6 Å². The van der Waals surface area contributed by atoms with E-state index in [1.165, 1.54) is 0 Å². The second-order valence-corrected chi connectivity index (χ2v) is 3.92. The topological polar surface area (TPSA) is 47.3 Å². The summed E-state index contributed by atoms with van der Waals surface area (Å²) in [5, 5.41) is 13.1. The van der Waals surface area contributed by atoms with Gasteiger partial charge in [0.05, 0.1) is 19.0 Å². The molecule has 0 unspecified atom stereocenters. The van der Waals surface area contributed by atoms with E-state index < -0.39 is 0 Å². The summed E-state index contributed by atoms with van der Waals surface area (Å²) in [6, 6.07) is 5.91. The van der Waals surface area contributed by atoms with Crippen molar-refractivity contribution in [3.05, 3.63) is 41.7 Å². The minimum atomic E-state index is 0.146. The number of aliphatic hydroxyl groups is 1. The molecule has 1 aromatic heterocycles. The number of nitrogens with zero attached hydrogens (tertiary/aromatic N) is 2. The van der Waals surface area contributed by atoms with Crippen LogP contribution < -0.4 is 4.74 Å². The molecular weight excluding hydrogens is 216 g/mol. The molecule has 90 valence electrons. The number of aliphatic hydroxyl groups excluding tert-OH is 1. The van der Waals surface area contributed by atoms with Crippen molar-refractivity contribution in [2.75, 3.05) is 13.7 Å². The molecule has 1 aromatic carbocycles. The molecule has 0 amide bonds. The van der Waals surface area contributed by atoms with Crippen LogP contribution in [0.15, 0.2) is 30.6 Å². The third-order valence-corrected chi connectivity index (χ3v) is 2.68. The summed E-state index contributed by atoms with van der Waals surface area (Å²) in [6.07, 6.45) is 4.34. The first-order chi connectivity index (χ1) is 8.24. The molecule has 1 N–H and O–H groups in total. The lowest BCUT2D eigenvalue weighted by molar-refractivity contribution is 0.299. The van der Waals surface area contributed by atoms with Crippen LogP contribution in [0, 0.1) is 6.92 Å². The third kappa shape index (κ3) is 2.47. The van der Waals surface area contributed by atoms with Gasteiger partial charge in [0.15, 0.2) is 0 Å². The zero-order valence-corrected chi connectivity index (χ0v) is 10.1. The Labute approximate surface area is 100 Å². The summed E-state index contributed by atoms with van der Waals surface area (Å²) in [4.78, 5) is 0. The van der Waals surface area contributed by atoms with Gasteiger partial charge in [0.2, 0.25) is 0 Å². The second-order valence-electron chi connectivity index (χ2n) is 3.92. The molecule has 0 aliphatic rings. The molecule has 4 nitrogen and oxygen atoms in total. The van der Waals surface area contributed by atoms with Gasteiger partial charge in [0.25, 0.3) is 0 Å². The van der Waals surface area contributed by atoms with Crippen molar-refractivity contribution in [2.45, 2.75) is 13.3 Å². The monoisotopic (exact) mass is 232 g/mol. The Balaban J connectivity index is 2.29. The summed E-state index contributed by atoms with van der Waals surface area (Å²) in [7, 11) is 1.66. The van der Waals surface area contributed by atoms with E-state index in [1.807, 2.05) is 31.3 Å². The van der Waals surface area contributed by atoms with Crippen molar-refractivity contribution in [2.24, 2.45) is 0 Å². The summed E-state index contributed by atoms with van der Waals surface area (Å²) in [5.41, 5.74) is 3.10. The van der Waals surface area contributed by atoms with Crippen LogP contribution in [0.1, 0.15) is 11.1 Å². The van der Waals surface area contributed by atoms with Crippen LogP contribution in [0.4, 0.5) is 0 Å². The van der Waals surface area contributed by atoms with E-state index in [-0.39, 0.29) is 6.61 Å². The van der Waals surface area contributed by atoms with Gasteiger partial charge < -0.3 is 9.84 Å². The molecule has 0 saturated carbocycles. The van der Waals surface area contributed by atoms with Gasteiger partial charge in [0, 0.05) is 12.8 Å². The molecule has 2 aromatic rings. The summed E-state index contributed by atoms with van der Waals surface area (Å²) < 4.78 is 7.02. The lowest BCUT2D eigenvalue weighted by atomic mass is 10.2. The standard InChI is InChI=1S/C13H16N2O2/c1-10-7-12(3-4-13(10)17-2)15-9-11(5-6-16)8-14-15/h3-4,7-9,16H,5-6H2,1-2H3. The summed E-state index contributed by atoms with van der Waals surface area (Å²) in [6.45, 7) is 2.15. The highest BCUT2D eigenvalue weighted by Crippen LogP contribution is 2.20. The maximum absolute atomic E-state index is 8.86. The summed E-state index contributed by atoms with van der Waals surface area (Å²) in [5.74, 6) is 0.872. The number of aryl methyl sites for hydroxylation is 1. The molecule has 17 heavy (non-hydrogen) atoms. The van der Waals surface area contributed by atoms with E-state index in [4.69, 9.17) is 9.84 Å². The highest BCUT2D eigenvalue weighted by Gasteiger charge is 2.03. The zero-order valence-electron chi connectivity index (χ0n) is 10.1. The molecule has 0 bridgehead atoms. The van der Waals surface area contributed by atoms with Gasteiger partial charge in [-0.25, -0.2) is 4.68 Å². The number of ether oxygens (including phenoxy) is 1. The normalized spacial score (nSPS) is 10.5. The van der Waals surface area contributed by atoms with Crippen molar-refractivity contribution in [1.82, 2.24) is 9.78 Å². The largest absolute Gasteiger partial charge is 0.496 e. The zero-order chi connectivity index (χ0) is 12.3. The molecule has 0 aliphatic carbocycles. The molecule has 4 heteroatoms. The van der Waals surface area contributed by atoms with Crippen LogP contribution >= 0.6 is 0 Å². The number of hydrogen-bond donors (Lipinski definition) is 1. The van der Waals surface area contributed by atoms with Crippen molar-refractivity contribution in [3.63, 3.8) is 0 Å². The fourth-order valence-corrected chi connectivity index (χ4v) is 1.76. The van der Waals surface area contributed by atoms with Gasteiger partial charge in [-0.05, 0) is 42.7 Å². The van der Waals surface area contributed by atoms with E-state index in [9.17, 15) is 0 Å². The van der Waals surface area contributed by atoms with Crippen LogP contribution in [-0.4, -0.2) is 28.6 Å². The molecule has 0 saturated heterocycles. The SMILES string of the molecule is COc1ccc(-n2cc(CCO)cn2)cc1C. The highest BCUT2D eigenvalue weighted by molar-refractivity contribution is 5.43. The van der Waals surface area contributed by atoms with Gasteiger partial charge in [-0.1, -0.05) is 0 Å². The van der Waals surface area contributed by atoms with Crippen LogP contribution in [0.5, 0.6) is 5.75 Å². The first-order valence-corrected chi connectivity index (χ1v) is 5.54. The van der Waals surface area contributed by atoms with E-state index >= 15 is 0 Å². The molecule has 0 spiro atoms. The Bertz CT molecular complexity index is 506. The number of benzene rings is 1. The van der Waals surface area contributed by atoms with Crippen LogP contribution in [0.3, 0.4) is 0 Å². The number of rotatable bonds is 4. The molecule has 0 radical (unpaired) electrons. The fraction of sp³-hybridized carbons (Fsp3) is 0.308. The lowest BCUT2D eigenvalue weighted by Gasteiger charge is -2.07. The number of aromatic nitrogens is 2. The number of methoxy groups -OCH3 is 1. The lowest BCUT2D eigenvalue weighted by Crippen LogP contribution is -1.96. The third-order valence-electron chi connectivity index (χ3n) is 2.68. The van der Waals surface area contributed by atoms with E-state index in [0.29, 0.717) is 6.42 Å². The Kier molecular flexibility index (Phi) is 3.44. The molecule has 2 rings (SSSR count). The predicted octanol–water partition coefficient (Wildman–Crippen LogP) is 1.72. The van der Waals surface area contributed by atoms with Crippen molar-refractivity contribution in [1.29, 1.82) is 0 Å². The Morgan fingerprint density at radius 2 is 2.24 bits per heavy atom. The Morgan fingerprint density at radius 3 is 2.88 bits per heavy atom. The van der Waals surface area contributed by atoms with Gasteiger partial charge in [-0.15, -0.1) is 0 Å². The molecular formula is C13H16N2O2. The Morgan fingerprint density at radius 1 is 1.41 bits per heavy atom. The number of hydrogen-bond acceptors (Lipinski definition) is 3. The minimum Gasteiger partial charge on any atom is -0.496 e. The average Bonchev–Trinajstić information content (AvgIpc) is 2.78. The van der Waals surface area contributed by atoms with Gasteiger partial charge in [-0.2, -0.15) is 5.10 Å². The minimum absolute atomic E-state index is 0.146. The van der Waals surface area contributed by atoms with Gasteiger partial charge in [0.1, 0.15) is 5.75 Å².